The highest BCUT2D eigenvalue weighted by Gasteiger charge is 2.29. The van der Waals surface area contributed by atoms with Gasteiger partial charge in [0.05, 0.1) is 23.6 Å². The summed E-state index contributed by atoms with van der Waals surface area (Å²) in [6.45, 7) is 0.800. The van der Waals surface area contributed by atoms with Crippen molar-refractivity contribution in [2.75, 3.05) is 20.3 Å². The van der Waals surface area contributed by atoms with E-state index in [9.17, 15) is 13.2 Å². The molecule has 0 amide bonds. The van der Waals surface area contributed by atoms with E-state index in [4.69, 9.17) is 9.47 Å². The maximum Gasteiger partial charge on any atom is 0.252 e. The van der Waals surface area contributed by atoms with Crippen molar-refractivity contribution in [1.82, 2.24) is 9.29 Å². The molecule has 0 spiro atoms. The number of methoxy groups -OCH3 is 1. The minimum Gasteiger partial charge on any atom is -0.497 e. The van der Waals surface area contributed by atoms with Gasteiger partial charge in [-0.25, -0.2) is 8.42 Å². The molecule has 158 valence electrons. The molecule has 8 heteroatoms. The minimum absolute atomic E-state index is 0.0333. The summed E-state index contributed by atoms with van der Waals surface area (Å²) < 4.78 is 38.9. The molecule has 0 bridgehead atoms. The van der Waals surface area contributed by atoms with Crippen LogP contribution < -0.4 is 10.3 Å². The number of hydrogen-bond donors (Lipinski definition) is 1. The Balaban J connectivity index is 1.71. The average molecular weight is 429 g/mol. The second-order valence-electron chi connectivity index (χ2n) is 7.32. The molecular formula is C22H24N2O5S. The van der Waals surface area contributed by atoms with Crippen molar-refractivity contribution < 1.29 is 17.9 Å². The fourth-order valence-corrected chi connectivity index (χ4v) is 5.14. The average Bonchev–Trinajstić information content (AvgIpc) is 3.27. The van der Waals surface area contributed by atoms with Crippen LogP contribution in [0.5, 0.6) is 5.75 Å². The molecular weight excluding hydrogens is 404 g/mol. The number of H-pyrrole nitrogens is 1. The minimum atomic E-state index is -3.79. The molecule has 1 aliphatic rings. The van der Waals surface area contributed by atoms with Crippen LogP contribution >= 0.6 is 0 Å². The summed E-state index contributed by atoms with van der Waals surface area (Å²) in [5.41, 5.74) is 0.696. The van der Waals surface area contributed by atoms with E-state index in [1.807, 2.05) is 6.07 Å². The smallest absolute Gasteiger partial charge is 0.252 e. The van der Waals surface area contributed by atoms with E-state index in [1.54, 1.807) is 55.6 Å². The maximum absolute atomic E-state index is 13.3. The third kappa shape index (κ3) is 4.26. The van der Waals surface area contributed by atoms with Gasteiger partial charge in [-0.05, 0) is 48.6 Å². The van der Waals surface area contributed by atoms with Gasteiger partial charge in [-0.1, -0.05) is 18.2 Å². The molecule has 1 aliphatic heterocycles. The van der Waals surface area contributed by atoms with Crippen molar-refractivity contribution in [3.8, 4) is 5.75 Å². The van der Waals surface area contributed by atoms with Crippen LogP contribution in [0.4, 0.5) is 0 Å². The Bertz CT molecular complexity index is 1190. The molecule has 2 heterocycles. The van der Waals surface area contributed by atoms with Gasteiger partial charge < -0.3 is 14.5 Å². The lowest BCUT2D eigenvalue weighted by Crippen LogP contribution is -2.38. The number of aromatic nitrogens is 1. The Morgan fingerprint density at radius 1 is 1.17 bits per heavy atom. The summed E-state index contributed by atoms with van der Waals surface area (Å²) in [5.74, 6) is 0.637. The van der Waals surface area contributed by atoms with Gasteiger partial charge in [0.1, 0.15) is 5.75 Å². The summed E-state index contributed by atoms with van der Waals surface area (Å²) in [7, 11) is -2.23. The van der Waals surface area contributed by atoms with Crippen LogP contribution in [0.3, 0.4) is 0 Å². The van der Waals surface area contributed by atoms with Gasteiger partial charge >= 0.3 is 0 Å². The number of ether oxygens (including phenoxy) is 2. The zero-order valence-electron chi connectivity index (χ0n) is 16.7. The van der Waals surface area contributed by atoms with Gasteiger partial charge in [-0.15, -0.1) is 0 Å². The van der Waals surface area contributed by atoms with Crippen molar-refractivity contribution in [3.05, 3.63) is 70.5 Å². The molecule has 1 N–H and O–H groups in total. The zero-order valence-corrected chi connectivity index (χ0v) is 17.5. The fraction of sp³-hybridized carbons (Fsp3) is 0.318. The summed E-state index contributed by atoms with van der Waals surface area (Å²) in [5, 5.41) is 0.805. The van der Waals surface area contributed by atoms with Crippen molar-refractivity contribution in [2.24, 2.45) is 0 Å². The van der Waals surface area contributed by atoms with Gasteiger partial charge in [-0.3, -0.25) is 4.79 Å². The number of fused-ring (bicyclic) bond motifs is 1. The van der Waals surface area contributed by atoms with Crippen LogP contribution in [0.2, 0.25) is 0 Å². The molecule has 3 aromatic rings. The highest BCUT2D eigenvalue weighted by molar-refractivity contribution is 7.89. The Morgan fingerprint density at radius 2 is 1.97 bits per heavy atom. The van der Waals surface area contributed by atoms with E-state index in [1.165, 1.54) is 4.31 Å². The summed E-state index contributed by atoms with van der Waals surface area (Å²) in [6.07, 6.45) is 1.53. The monoisotopic (exact) mass is 428 g/mol. The molecule has 1 aromatic heterocycles. The van der Waals surface area contributed by atoms with Crippen molar-refractivity contribution in [1.29, 1.82) is 0 Å². The van der Waals surface area contributed by atoms with E-state index in [2.05, 4.69) is 4.98 Å². The van der Waals surface area contributed by atoms with E-state index in [0.717, 1.165) is 18.2 Å². The first kappa shape index (κ1) is 20.6. The molecule has 2 aromatic carbocycles. The second-order valence-corrected chi connectivity index (χ2v) is 9.26. The maximum atomic E-state index is 13.3. The number of rotatable bonds is 7. The van der Waals surface area contributed by atoms with E-state index < -0.39 is 10.0 Å². The second kappa shape index (κ2) is 8.59. The first-order valence-electron chi connectivity index (χ1n) is 9.84. The number of benzene rings is 2. The molecule has 1 saturated heterocycles. The Kier molecular flexibility index (Phi) is 5.90. The lowest BCUT2D eigenvalue weighted by atomic mass is 10.1. The molecule has 7 nitrogen and oxygen atoms in total. The molecule has 0 radical (unpaired) electrons. The molecule has 0 aliphatic carbocycles. The molecule has 1 atom stereocenters. The van der Waals surface area contributed by atoms with E-state index in [0.29, 0.717) is 23.4 Å². The lowest BCUT2D eigenvalue weighted by molar-refractivity contribution is 0.0925. The van der Waals surface area contributed by atoms with Crippen LogP contribution in [0.1, 0.15) is 18.4 Å². The Labute approximate surface area is 175 Å². The largest absolute Gasteiger partial charge is 0.497 e. The molecule has 1 fully saturated rings. The molecule has 0 unspecified atom stereocenters. The Morgan fingerprint density at radius 3 is 2.67 bits per heavy atom. The highest BCUT2D eigenvalue weighted by Crippen LogP contribution is 2.23. The van der Waals surface area contributed by atoms with E-state index in [-0.39, 0.29) is 29.6 Å². The van der Waals surface area contributed by atoms with Crippen molar-refractivity contribution >= 4 is 20.9 Å². The van der Waals surface area contributed by atoms with Gasteiger partial charge in [0, 0.05) is 31.3 Å². The first-order chi connectivity index (χ1) is 14.5. The summed E-state index contributed by atoms with van der Waals surface area (Å²) >= 11 is 0. The zero-order chi connectivity index (χ0) is 21.1. The van der Waals surface area contributed by atoms with E-state index >= 15 is 0 Å². The number of nitrogens with one attached hydrogen (secondary N) is 1. The molecule has 0 saturated carbocycles. The first-order valence-corrected chi connectivity index (χ1v) is 11.3. The highest BCUT2D eigenvalue weighted by atomic mass is 32.2. The number of aromatic amines is 1. The third-order valence-corrected chi connectivity index (χ3v) is 7.11. The number of nitrogens with zero attached hydrogens (tertiary/aromatic N) is 1. The Hall–Kier alpha value is -2.68. The van der Waals surface area contributed by atoms with Crippen LogP contribution in [0, 0.1) is 0 Å². The summed E-state index contributed by atoms with van der Waals surface area (Å²) in [6, 6.07) is 15.4. The number of hydrogen-bond acceptors (Lipinski definition) is 5. The fourth-order valence-electron chi connectivity index (χ4n) is 3.66. The van der Waals surface area contributed by atoms with Gasteiger partial charge in [-0.2, -0.15) is 4.31 Å². The van der Waals surface area contributed by atoms with Gasteiger partial charge in [0.15, 0.2) is 0 Å². The summed E-state index contributed by atoms with van der Waals surface area (Å²) in [4.78, 5) is 15.8. The molecule has 30 heavy (non-hydrogen) atoms. The SMILES string of the molecule is COc1ccc2cc(CN(C[C@H]3CCCO3)S(=O)(=O)c3ccccc3)c(=O)[nH]c2c1. The normalized spacial score (nSPS) is 16.9. The van der Waals surface area contributed by atoms with Crippen molar-refractivity contribution in [2.45, 2.75) is 30.4 Å². The quantitative estimate of drug-likeness (QED) is 0.625. The topological polar surface area (TPSA) is 88.7 Å². The predicted molar refractivity (Wildman–Crippen MR) is 114 cm³/mol. The van der Waals surface area contributed by atoms with Crippen molar-refractivity contribution in [3.63, 3.8) is 0 Å². The van der Waals surface area contributed by atoms with Crippen LogP contribution in [0.25, 0.3) is 10.9 Å². The van der Waals surface area contributed by atoms with Gasteiger partial charge in [0.25, 0.3) is 5.56 Å². The van der Waals surface area contributed by atoms with Crippen LogP contribution in [0.15, 0.2) is 64.3 Å². The van der Waals surface area contributed by atoms with Gasteiger partial charge in [0.2, 0.25) is 10.0 Å². The predicted octanol–water partition coefficient (Wildman–Crippen LogP) is 2.91. The lowest BCUT2D eigenvalue weighted by Gasteiger charge is -2.25. The standard InChI is InChI=1S/C22H24N2O5S/c1-28-18-10-9-16-12-17(22(25)23-21(16)13-18)14-24(15-19-6-5-11-29-19)30(26,27)20-7-3-2-4-8-20/h2-4,7-10,12-13,19H,5-6,11,14-15H2,1H3,(H,23,25)/t19-/m1/s1. The number of pyridine rings is 1. The number of sulfonamides is 1. The third-order valence-electron chi connectivity index (χ3n) is 5.29. The van der Waals surface area contributed by atoms with Crippen LogP contribution in [-0.2, 0) is 21.3 Å². The van der Waals surface area contributed by atoms with Crippen LogP contribution in [-0.4, -0.2) is 44.1 Å². The molecule has 4 rings (SSSR count).